The van der Waals surface area contributed by atoms with Gasteiger partial charge in [0.2, 0.25) is 5.78 Å². The van der Waals surface area contributed by atoms with Crippen molar-refractivity contribution in [3.63, 3.8) is 0 Å². The predicted octanol–water partition coefficient (Wildman–Crippen LogP) is 5.41. The zero-order chi connectivity index (χ0) is 36.4. The minimum absolute atomic E-state index is 0.0199. The van der Waals surface area contributed by atoms with Crippen LogP contribution in [0.5, 0.6) is 11.5 Å². The SMILES string of the molecule is CCc1cc(C(=O)N[C@@H]2CN(C(=O)O)CCC[C@]2(OC(=O)c2ccccc2)C(=O)c2c(OCOC)ccc(F)c2F)cc(CC)c1OCOC. The maximum atomic E-state index is 15.7. The van der Waals surface area contributed by atoms with E-state index in [9.17, 15) is 28.7 Å². The molecule has 2 N–H and O–H groups in total. The van der Waals surface area contributed by atoms with Gasteiger partial charge < -0.3 is 39.0 Å². The van der Waals surface area contributed by atoms with Gasteiger partial charge >= 0.3 is 12.1 Å². The number of rotatable bonds is 14. The lowest BCUT2D eigenvalue weighted by Gasteiger charge is -2.39. The van der Waals surface area contributed by atoms with Gasteiger partial charge in [0.15, 0.2) is 30.8 Å². The molecule has 3 aromatic carbocycles. The van der Waals surface area contributed by atoms with Crippen molar-refractivity contribution in [1.82, 2.24) is 10.2 Å². The molecule has 0 bridgehead atoms. The van der Waals surface area contributed by atoms with Crippen molar-refractivity contribution in [2.75, 3.05) is 40.9 Å². The summed E-state index contributed by atoms with van der Waals surface area (Å²) in [5, 5.41) is 12.8. The van der Waals surface area contributed by atoms with Gasteiger partial charge in [-0.1, -0.05) is 32.0 Å². The van der Waals surface area contributed by atoms with Crippen molar-refractivity contribution in [3.05, 3.63) is 94.0 Å². The molecule has 1 aliphatic heterocycles. The van der Waals surface area contributed by atoms with Gasteiger partial charge in [-0.15, -0.1) is 0 Å². The van der Waals surface area contributed by atoms with Crippen molar-refractivity contribution >= 4 is 23.8 Å². The average Bonchev–Trinajstić information content (AvgIpc) is 3.30. The van der Waals surface area contributed by atoms with Gasteiger partial charge in [0, 0.05) is 32.9 Å². The van der Waals surface area contributed by atoms with E-state index in [0.717, 1.165) is 17.0 Å². The zero-order valence-electron chi connectivity index (χ0n) is 28.3. The molecular formula is C36H40F2N2O10. The van der Waals surface area contributed by atoms with E-state index in [1.807, 2.05) is 13.8 Å². The lowest BCUT2D eigenvalue weighted by atomic mass is 9.81. The Hall–Kier alpha value is -5.08. The fourth-order valence-electron chi connectivity index (χ4n) is 5.90. The summed E-state index contributed by atoms with van der Waals surface area (Å²) >= 11 is 0. The highest BCUT2D eigenvalue weighted by Crippen LogP contribution is 2.37. The van der Waals surface area contributed by atoms with Crippen LogP contribution in [0.2, 0.25) is 0 Å². The molecule has 3 aromatic rings. The van der Waals surface area contributed by atoms with Crippen LogP contribution in [-0.4, -0.2) is 86.3 Å². The monoisotopic (exact) mass is 698 g/mol. The number of ketones is 1. The second kappa shape index (κ2) is 17.0. The Morgan fingerprint density at radius 1 is 0.920 bits per heavy atom. The molecule has 1 fully saturated rings. The Morgan fingerprint density at radius 3 is 2.16 bits per heavy atom. The average molecular weight is 699 g/mol. The molecule has 268 valence electrons. The first-order valence-electron chi connectivity index (χ1n) is 16.0. The largest absolute Gasteiger partial charge is 0.467 e. The highest BCUT2D eigenvalue weighted by Gasteiger charge is 2.54. The van der Waals surface area contributed by atoms with Gasteiger partial charge in [-0.3, -0.25) is 9.59 Å². The third-order valence-corrected chi connectivity index (χ3v) is 8.39. The number of nitrogens with one attached hydrogen (secondary N) is 1. The van der Waals surface area contributed by atoms with Crippen LogP contribution >= 0.6 is 0 Å². The number of aryl methyl sites for hydroxylation is 2. The molecule has 1 aliphatic rings. The first-order chi connectivity index (χ1) is 24.0. The first kappa shape index (κ1) is 37.7. The number of likely N-dealkylation sites (tertiary alicyclic amines) is 1. The molecule has 0 saturated carbocycles. The minimum atomic E-state index is -2.45. The standard InChI is InChI=1S/C36H40F2N2O10/c1-5-22-17-25(18-23(6-2)31(22)49-21-47-4)33(42)39-28-19-40(35(44)45)16-10-15-36(28,50-34(43)24-11-8-7-9-12-24)32(41)29-27(48-20-46-3)14-13-26(37)30(29)38/h7-9,11-14,17-18,28H,5-6,10,15-16,19-21H2,1-4H3,(H,39,42)(H,44,45)/t28-,36-/m1/s1. The highest BCUT2D eigenvalue weighted by molar-refractivity contribution is 6.08. The molecular weight excluding hydrogens is 658 g/mol. The molecule has 0 aromatic heterocycles. The van der Waals surface area contributed by atoms with Crippen LogP contribution in [0.25, 0.3) is 0 Å². The lowest BCUT2D eigenvalue weighted by molar-refractivity contribution is -0.0277. The number of amides is 2. The number of carboxylic acid groups (broad SMARTS) is 1. The maximum absolute atomic E-state index is 15.7. The molecule has 4 rings (SSSR count). The van der Waals surface area contributed by atoms with Crippen LogP contribution in [0.1, 0.15) is 68.9 Å². The third kappa shape index (κ3) is 8.20. The summed E-state index contributed by atoms with van der Waals surface area (Å²) in [6.45, 7) is 2.60. The first-order valence-corrected chi connectivity index (χ1v) is 16.0. The molecule has 50 heavy (non-hydrogen) atoms. The molecule has 0 radical (unpaired) electrons. The van der Waals surface area contributed by atoms with Crippen LogP contribution < -0.4 is 14.8 Å². The summed E-state index contributed by atoms with van der Waals surface area (Å²) in [6, 6.07) is 11.0. The number of halogens is 2. The van der Waals surface area contributed by atoms with Gasteiger partial charge in [-0.25, -0.2) is 18.4 Å². The number of hydrogen-bond donors (Lipinski definition) is 2. The van der Waals surface area contributed by atoms with Gasteiger partial charge in [-0.05, 0) is 73.2 Å². The van der Waals surface area contributed by atoms with Crippen LogP contribution in [-0.2, 0) is 27.1 Å². The number of Topliss-reactive ketones (excluding diaryl/α,β-unsaturated/α-hetero) is 1. The summed E-state index contributed by atoms with van der Waals surface area (Å²) in [6.07, 6.45) is -0.844. The van der Waals surface area contributed by atoms with Gasteiger partial charge in [0.05, 0.1) is 11.6 Å². The number of methoxy groups -OCH3 is 2. The van der Waals surface area contributed by atoms with Crippen LogP contribution in [0.3, 0.4) is 0 Å². The van der Waals surface area contributed by atoms with E-state index in [1.54, 1.807) is 30.3 Å². The number of carbonyl (C=O) groups excluding carboxylic acids is 3. The summed E-state index contributed by atoms with van der Waals surface area (Å²) in [7, 11) is 2.76. The van der Waals surface area contributed by atoms with Crippen molar-refractivity contribution in [2.24, 2.45) is 0 Å². The van der Waals surface area contributed by atoms with E-state index in [2.05, 4.69) is 5.32 Å². The molecule has 2 atom stereocenters. The van der Waals surface area contributed by atoms with E-state index in [0.29, 0.717) is 29.7 Å². The fraction of sp³-hybridized carbons (Fsp3) is 0.389. The zero-order valence-corrected chi connectivity index (χ0v) is 28.3. The number of nitrogens with zero attached hydrogens (tertiary/aromatic N) is 1. The van der Waals surface area contributed by atoms with Crippen molar-refractivity contribution in [2.45, 2.75) is 51.2 Å². The fourth-order valence-corrected chi connectivity index (χ4v) is 5.90. The van der Waals surface area contributed by atoms with Crippen LogP contribution in [0, 0.1) is 11.6 Å². The predicted molar refractivity (Wildman–Crippen MR) is 176 cm³/mol. The molecule has 0 aliphatic carbocycles. The smallest absolute Gasteiger partial charge is 0.407 e. The second-order valence-corrected chi connectivity index (χ2v) is 11.5. The minimum Gasteiger partial charge on any atom is -0.467 e. The molecule has 14 heteroatoms. The Kier molecular flexibility index (Phi) is 12.9. The summed E-state index contributed by atoms with van der Waals surface area (Å²) in [5.41, 5.74) is -1.82. The van der Waals surface area contributed by atoms with Crippen LogP contribution in [0.4, 0.5) is 13.6 Å². The van der Waals surface area contributed by atoms with E-state index in [1.165, 1.54) is 26.4 Å². The Labute approximate surface area is 288 Å². The van der Waals surface area contributed by atoms with E-state index < -0.39 is 71.7 Å². The van der Waals surface area contributed by atoms with E-state index in [-0.39, 0.29) is 37.3 Å². The molecule has 1 saturated heterocycles. The Balaban J connectivity index is 1.91. The van der Waals surface area contributed by atoms with Crippen molar-refractivity contribution < 1.29 is 56.7 Å². The third-order valence-electron chi connectivity index (χ3n) is 8.39. The summed E-state index contributed by atoms with van der Waals surface area (Å²) < 4.78 is 57.7. The number of ether oxygens (including phenoxy) is 5. The van der Waals surface area contributed by atoms with Crippen molar-refractivity contribution in [3.8, 4) is 11.5 Å². The normalized spacial score (nSPS) is 17.4. The Bertz CT molecular complexity index is 1680. The van der Waals surface area contributed by atoms with Crippen molar-refractivity contribution in [1.29, 1.82) is 0 Å². The topological polar surface area (TPSA) is 150 Å². The molecule has 1 heterocycles. The van der Waals surface area contributed by atoms with Crippen LogP contribution in [0.15, 0.2) is 54.6 Å². The summed E-state index contributed by atoms with van der Waals surface area (Å²) in [4.78, 5) is 55.9. The number of hydrogen-bond acceptors (Lipinski definition) is 9. The second-order valence-electron chi connectivity index (χ2n) is 11.5. The molecule has 0 spiro atoms. The van der Waals surface area contributed by atoms with E-state index in [4.69, 9.17) is 23.7 Å². The molecule has 12 nitrogen and oxygen atoms in total. The lowest BCUT2D eigenvalue weighted by Crippen LogP contribution is -2.62. The van der Waals surface area contributed by atoms with Gasteiger partial charge in [-0.2, -0.15) is 0 Å². The summed E-state index contributed by atoms with van der Waals surface area (Å²) in [5.74, 6) is -5.84. The molecule has 2 amide bonds. The van der Waals surface area contributed by atoms with E-state index >= 15 is 4.39 Å². The quantitative estimate of drug-likeness (QED) is 0.127. The maximum Gasteiger partial charge on any atom is 0.407 e. The molecule has 0 unspecified atom stereocenters. The number of carbonyl (C=O) groups is 4. The number of benzene rings is 3. The van der Waals surface area contributed by atoms with Gasteiger partial charge in [0.1, 0.15) is 17.1 Å². The highest BCUT2D eigenvalue weighted by atomic mass is 19.2. The Morgan fingerprint density at radius 2 is 1.56 bits per heavy atom. The number of esters is 1. The van der Waals surface area contributed by atoms with Gasteiger partial charge in [0.25, 0.3) is 5.91 Å².